The lowest BCUT2D eigenvalue weighted by molar-refractivity contribution is -0.142. The average molecular weight is 693 g/mol. The van der Waals surface area contributed by atoms with Gasteiger partial charge in [-0.25, -0.2) is 9.36 Å². The number of carbonyl (C=O) groups excluding carboxylic acids is 2. The molecule has 0 aliphatic carbocycles. The molecule has 48 heavy (non-hydrogen) atoms. The third-order valence-electron chi connectivity index (χ3n) is 7.90. The Hall–Kier alpha value is -3.09. The van der Waals surface area contributed by atoms with Crippen molar-refractivity contribution in [1.82, 2.24) is 14.6 Å². The highest BCUT2D eigenvalue weighted by atomic mass is 31.2. The fraction of sp³-hybridized carbons (Fsp3) is 0.647. The molecule has 2 aromatic rings. The molecular formula is C34H53N4O9P. The van der Waals surface area contributed by atoms with E-state index in [4.69, 9.17) is 23.3 Å². The predicted octanol–water partition coefficient (Wildman–Crippen LogP) is 6.89. The van der Waals surface area contributed by atoms with Gasteiger partial charge >= 0.3 is 19.4 Å². The van der Waals surface area contributed by atoms with Crippen LogP contribution in [0.1, 0.15) is 110 Å². The molecule has 1 aromatic carbocycles. The Morgan fingerprint density at radius 3 is 2.21 bits per heavy atom. The molecule has 1 saturated heterocycles. The number of para-hydroxylation sites is 1. The quantitative estimate of drug-likeness (QED) is 0.0671. The predicted molar refractivity (Wildman–Crippen MR) is 183 cm³/mol. The summed E-state index contributed by atoms with van der Waals surface area (Å²) >= 11 is 0. The molecule has 0 spiro atoms. The molecule has 2 N–H and O–H groups in total. The number of benzene rings is 1. The summed E-state index contributed by atoms with van der Waals surface area (Å²) in [5.41, 5.74) is -0.629. The lowest BCUT2D eigenvalue weighted by Gasteiger charge is -2.23. The van der Waals surface area contributed by atoms with Gasteiger partial charge in [-0.15, -0.1) is 0 Å². The first kappa shape index (κ1) is 39.3. The van der Waals surface area contributed by atoms with Gasteiger partial charge in [0, 0.05) is 12.6 Å². The lowest BCUT2D eigenvalue weighted by Crippen LogP contribution is -2.35. The minimum atomic E-state index is -4.09. The van der Waals surface area contributed by atoms with Gasteiger partial charge in [-0.2, -0.15) is 10.1 Å². The summed E-state index contributed by atoms with van der Waals surface area (Å²) < 4.78 is 42.0. The highest BCUT2D eigenvalue weighted by molar-refractivity contribution is 7.52. The Labute approximate surface area is 284 Å². The number of nitrogens with zero attached hydrogens (tertiary/aromatic N) is 2. The minimum absolute atomic E-state index is 0.00377. The summed E-state index contributed by atoms with van der Waals surface area (Å²) in [7, 11) is -2.88. The first-order valence-corrected chi connectivity index (χ1v) is 18.8. The normalized spacial score (nSPS) is 17.8. The maximum Gasteiger partial charge on any atom is 0.459 e. The van der Waals surface area contributed by atoms with Crippen LogP contribution in [0.15, 0.2) is 47.4 Å². The Morgan fingerprint density at radius 1 is 0.979 bits per heavy atom. The number of amides is 1. The van der Waals surface area contributed by atoms with Crippen molar-refractivity contribution in [2.75, 3.05) is 25.6 Å². The van der Waals surface area contributed by atoms with Crippen LogP contribution in [0.3, 0.4) is 0 Å². The van der Waals surface area contributed by atoms with Crippen molar-refractivity contribution in [2.45, 2.75) is 122 Å². The second-order valence-corrected chi connectivity index (χ2v) is 13.7. The second-order valence-electron chi connectivity index (χ2n) is 12.0. The molecule has 0 radical (unpaired) electrons. The van der Waals surface area contributed by atoms with Gasteiger partial charge in [0.05, 0.1) is 13.7 Å². The molecule has 3 rings (SSSR count). The van der Waals surface area contributed by atoms with Gasteiger partial charge in [-0.05, 0) is 31.5 Å². The number of hydrogen-bond acceptors (Lipinski definition) is 10. The third-order valence-corrected chi connectivity index (χ3v) is 9.55. The van der Waals surface area contributed by atoms with Crippen LogP contribution in [0.25, 0.3) is 0 Å². The molecule has 0 saturated carbocycles. The molecular weight excluding hydrogens is 639 g/mol. The van der Waals surface area contributed by atoms with E-state index < -0.39 is 38.0 Å². The molecule has 13 nitrogen and oxygen atoms in total. The maximum atomic E-state index is 13.5. The number of esters is 1. The maximum absolute atomic E-state index is 13.5. The summed E-state index contributed by atoms with van der Waals surface area (Å²) in [5.74, 6) is -0.419. The minimum Gasteiger partial charge on any atom is -0.468 e. The van der Waals surface area contributed by atoms with Gasteiger partial charge in [0.25, 0.3) is 0 Å². The largest absolute Gasteiger partial charge is 0.468 e. The van der Waals surface area contributed by atoms with Gasteiger partial charge in [-0.1, -0.05) is 102 Å². The van der Waals surface area contributed by atoms with Crippen LogP contribution in [0.5, 0.6) is 5.75 Å². The SMILES string of the molecule is CCCCCCCCCCCCCCCC(=O)Nc1ccn([C@@H]2CO[C@H](COP(=O)(N[C@@H](C)C(=O)OC)Oc3ccccc3)O2)c(=O)n1. The average Bonchev–Trinajstić information content (AvgIpc) is 3.55. The number of hydrogen-bond donors (Lipinski definition) is 2. The van der Waals surface area contributed by atoms with Gasteiger partial charge in [-0.3, -0.25) is 18.7 Å². The Morgan fingerprint density at radius 2 is 1.60 bits per heavy atom. The van der Waals surface area contributed by atoms with Crippen LogP contribution in [0, 0.1) is 0 Å². The van der Waals surface area contributed by atoms with E-state index in [-0.39, 0.29) is 30.7 Å². The number of methoxy groups -OCH3 is 1. The number of carbonyl (C=O) groups is 2. The van der Waals surface area contributed by atoms with Crippen molar-refractivity contribution >= 4 is 25.4 Å². The number of unbranched alkanes of at least 4 members (excludes halogenated alkanes) is 12. The van der Waals surface area contributed by atoms with Crippen molar-refractivity contribution in [1.29, 1.82) is 0 Å². The standard InChI is InChI=1S/C34H53N4O9P/c1-4-5-6-7-8-9-10-11-12-13-14-15-19-22-30(39)35-29-23-24-38(34(41)36-29)31-25-44-32(46-31)26-45-48(42,37-27(2)33(40)43-3)47-28-20-17-16-18-21-28/h16-18,20-21,23-24,27,31-32H,4-15,19,22,25-26H2,1-3H3,(H,37,42)(H,35,36,39,41)/t27-,31-,32-,48?/m0/s1. The van der Waals surface area contributed by atoms with E-state index in [1.807, 2.05) is 0 Å². The van der Waals surface area contributed by atoms with E-state index in [0.717, 1.165) is 19.3 Å². The lowest BCUT2D eigenvalue weighted by atomic mass is 10.0. The van der Waals surface area contributed by atoms with E-state index in [1.54, 1.807) is 30.3 Å². The van der Waals surface area contributed by atoms with Crippen molar-refractivity contribution in [2.24, 2.45) is 0 Å². The number of rotatable bonds is 24. The number of ether oxygens (including phenoxy) is 3. The number of anilines is 1. The van der Waals surface area contributed by atoms with E-state index in [9.17, 15) is 18.9 Å². The van der Waals surface area contributed by atoms with Gasteiger partial charge in [0.2, 0.25) is 5.91 Å². The number of nitrogens with one attached hydrogen (secondary N) is 2. The van der Waals surface area contributed by atoms with Crippen LogP contribution in [0.4, 0.5) is 5.82 Å². The molecule has 268 valence electrons. The van der Waals surface area contributed by atoms with Gasteiger partial charge in [0.15, 0.2) is 12.5 Å². The highest BCUT2D eigenvalue weighted by Gasteiger charge is 2.36. The Kier molecular flexibility index (Phi) is 17.9. The molecule has 1 amide bonds. The molecule has 1 fully saturated rings. The first-order valence-electron chi connectivity index (χ1n) is 17.2. The fourth-order valence-corrected chi connectivity index (χ4v) is 6.70. The summed E-state index contributed by atoms with van der Waals surface area (Å²) in [6.45, 7) is 3.36. The van der Waals surface area contributed by atoms with Crippen LogP contribution in [-0.2, 0) is 32.9 Å². The third kappa shape index (κ3) is 14.6. The molecule has 14 heteroatoms. The first-order chi connectivity index (χ1) is 23.2. The van der Waals surface area contributed by atoms with Crippen LogP contribution < -0.4 is 20.6 Å². The molecule has 1 aliphatic heterocycles. The second kappa shape index (κ2) is 21.8. The van der Waals surface area contributed by atoms with Gasteiger partial charge < -0.3 is 24.1 Å². The van der Waals surface area contributed by atoms with E-state index in [0.29, 0.717) is 6.42 Å². The summed E-state index contributed by atoms with van der Waals surface area (Å²) in [6, 6.07) is 8.86. The molecule has 2 heterocycles. The molecule has 0 bridgehead atoms. The molecule has 1 aromatic heterocycles. The molecule has 4 atom stereocenters. The smallest absolute Gasteiger partial charge is 0.459 e. The van der Waals surface area contributed by atoms with Crippen molar-refractivity contribution < 1.29 is 37.4 Å². The van der Waals surface area contributed by atoms with Gasteiger partial charge in [0.1, 0.15) is 24.2 Å². The topological polar surface area (TPSA) is 156 Å². The zero-order chi connectivity index (χ0) is 34.6. The number of aromatic nitrogens is 2. The van der Waals surface area contributed by atoms with E-state index in [2.05, 4.69) is 22.3 Å². The molecule has 1 aliphatic rings. The summed E-state index contributed by atoms with van der Waals surface area (Å²) in [6.07, 6.45) is 16.1. The van der Waals surface area contributed by atoms with Crippen molar-refractivity contribution in [3.05, 3.63) is 53.1 Å². The van der Waals surface area contributed by atoms with Crippen molar-refractivity contribution in [3.63, 3.8) is 0 Å². The van der Waals surface area contributed by atoms with Crippen LogP contribution in [0.2, 0.25) is 0 Å². The van der Waals surface area contributed by atoms with Crippen LogP contribution in [-0.4, -0.2) is 54.1 Å². The summed E-state index contributed by atoms with van der Waals surface area (Å²) in [4.78, 5) is 41.1. The van der Waals surface area contributed by atoms with E-state index in [1.165, 1.54) is 95.1 Å². The summed E-state index contributed by atoms with van der Waals surface area (Å²) in [5, 5.41) is 5.25. The van der Waals surface area contributed by atoms with Crippen molar-refractivity contribution in [3.8, 4) is 5.75 Å². The Bertz CT molecular complexity index is 1340. The Balaban J connectivity index is 1.37. The zero-order valence-electron chi connectivity index (χ0n) is 28.6. The molecule has 1 unspecified atom stereocenters. The monoisotopic (exact) mass is 692 g/mol. The highest BCUT2D eigenvalue weighted by Crippen LogP contribution is 2.45. The van der Waals surface area contributed by atoms with E-state index >= 15 is 0 Å². The zero-order valence-corrected chi connectivity index (χ0v) is 29.5. The van der Waals surface area contributed by atoms with Crippen LogP contribution >= 0.6 is 7.75 Å². The fourth-order valence-electron chi connectivity index (χ4n) is 5.22.